The molecule has 0 aromatic rings. The van der Waals surface area contributed by atoms with Crippen LogP contribution in [0.5, 0.6) is 0 Å². The third kappa shape index (κ3) is 2.47. The minimum Gasteiger partial charge on any atom is -0.377 e. The van der Waals surface area contributed by atoms with Gasteiger partial charge in [0.15, 0.2) is 0 Å². The first-order chi connectivity index (χ1) is 7.99. The molecule has 1 aliphatic heterocycles. The van der Waals surface area contributed by atoms with Crippen LogP contribution in [0.2, 0.25) is 0 Å². The van der Waals surface area contributed by atoms with Gasteiger partial charge in [0.25, 0.3) is 0 Å². The molecule has 98 valence electrons. The molecule has 1 amide bonds. The van der Waals surface area contributed by atoms with Gasteiger partial charge in [0.05, 0.1) is 11.1 Å². The van der Waals surface area contributed by atoms with Gasteiger partial charge in [-0.15, -0.1) is 0 Å². The molecule has 0 radical (unpaired) electrons. The molecule has 0 aromatic heterocycles. The Labute approximate surface area is 103 Å². The summed E-state index contributed by atoms with van der Waals surface area (Å²) >= 11 is 0. The first-order valence-electron chi connectivity index (χ1n) is 6.63. The van der Waals surface area contributed by atoms with Crippen LogP contribution in [0.25, 0.3) is 0 Å². The van der Waals surface area contributed by atoms with E-state index in [4.69, 9.17) is 10.5 Å². The second kappa shape index (κ2) is 4.58. The van der Waals surface area contributed by atoms with Gasteiger partial charge in [-0.25, -0.2) is 0 Å². The zero-order chi connectivity index (χ0) is 12.5. The molecule has 0 bridgehead atoms. The Balaban J connectivity index is 2.04. The van der Waals surface area contributed by atoms with E-state index in [2.05, 4.69) is 6.92 Å². The van der Waals surface area contributed by atoms with Crippen molar-refractivity contribution in [2.45, 2.75) is 56.6 Å². The first-order valence-corrected chi connectivity index (χ1v) is 6.63. The van der Waals surface area contributed by atoms with Crippen LogP contribution in [-0.2, 0) is 9.53 Å². The van der Waals surface area contributed by atoms with Crippen LogP contribution in [0.3, 0.4) is 0 Å². The SMILES string of the molecule is COC1(C)CCCN(C(=O)C2(N)CCCC2)C1. The average Bonchev–Trinajstić information content (AvgIpc) is 2.76. The summed E-state index contributed by atoms with van der Waals surface area (Å²) in [6.45, 7) is 3.59. The lowest BCUT2D eigenvalue weighted by Crippen LogP contribution is -2.58. The number of hydrogen-bond acceptors (Lipinski definition) is 3. The van der Waals surface area contributed by atoms with E-state index in [1.165, 1.54) is 0 Å². The van der Waals surface area contributed by atoms with Crippen molar-refractivity contribution in [2.24, 2.45) is 5.73 Å². The standard InChI is InChI=1S/C13H24N2O2/c1-12(17-2)6-5-9-15(10-12)11(16)13(14)7-3-4-8-13/h3-10,14H2,1-2H3. The van der Waals surface area contributed by atoms with Crippen molar-refractivity contribution >= 4 is 5.91 Å². The first kappa shape index (κ1) is 12.8. The highest BCUT2D eigenvalue weighted by Crippen LogP contribution is 2.32. The molecular formula is C13H24N2O2. The van der Waals surface area contributed by atoms with E-state index >= 15 is 0 Å². The van der Waals surface area contributed by atoms with Crippen LogP contribution in [0.4, 0.5) is 0 Å². The fourth-order valence-electron chi connectivity index (χ4n) is 3.08. The van der Waals surface area contributed by atoms with Crippen LogP contribution in [0.1, 0.15) is 45.4 Å². The topological polar surface area (TPSA) is 55.6 Å². The number of nitrogens with zero attached hydrogens (tertiary/aromatic N) is 1. The summed E-state index contributed by atoms with van der Waals surface area (Å²) < 4.78 is 5.52. The lowest BCUT2D eigenvalue weighted by atomic mass is 9.91. The highest BCUT2D eigenvalue weighted by atomic mass is 16.5. The molecule has 1 atom stereocenters. The number of carbonyl (C=O) groups excluding carboxylic acids is 1. The fraction of sp³-hybridized carbons (Fsp3) is 0.923. The molecule has 17 heavy (non-hydrogen) atoms. The molecule has 2 aliphatic rings. The van der Waals surface area contributed by atoms with Gasteiger partial charge in [-0.1, -0.05) is 12.8 Å². The Morgan fingerprint density at radius 1 is 1.24 bits per heavy atom. The summed E-state index contributed by atoms with van der Waals surface area (Å²) in [5.74, 6) is 0.137. The maximum absolute atomic E-state index is 12.5. The van der Waals surface area contributed by atoms with Crippen LogP contribution >= 0.6 is 0 Å². The van der Waals surface area contributed by atoms with Gasteiger partial charge in [-0.2, -0.15) is 0 Å². The quantitative estimate of drug-likeness (QED) is 0.791. The number of nitrogens with two attached hydrogens (primary N) is 1. The molecule has 2 N–H and O–H groups in total. The van der Waals surface area contributed by atoms with Crippen molar-refractivity contribution in [3.8, 4) is 0 Å². The summed E-state index contributed by atoms with van der Waals surface area (Å²) in [6, 6.07) is 0. The molecular weight excluding hydrogens is 216 g/mol. The van der Waals surface area contributed by atoms with Crippen molar-refractivity contribution in [3.05, 3.63) is 0 Å². The summed E-state index contributed by atoms with van der Waals surface area (Å²) in [7, 11) is 1.72. The fourth-order valence-corrected chi connectivity index (χ4v) is 3.08. The van der Waals surface area contributed by atoms with Crippen LogP contribution in [0, 0.1) is 0 Å². The van der Waals surface area contributed by atoms with E-state index < -0.39 is 5.54 Å². The second-order valence-electron chi connectivity index (χ2n) is 5.85. The van der Waals surface area contributed by atoms with Crippen molar-refractivity contribution in [1.29, 1.82) is 0 Å². The summed E-state index contributed by atoms with van der Waals surface area (Å²) in [5.41, 5.74) is 5.45. The van der Waals surface area contributed by atoms with Crippen LogP contribution < -0.4 is 5.73 Å². The van der Waals surface area contributed by atoms with Crippen molar-refractivity contribution < 1.29 is 9.53 Å². The minimum absolute atomic E-state index is 0.137. The van der Waals surface area contributed by atoms with Crippen molar-refractivity contribution in [2.75, 3.05) is 20.2 Å². The van der Waals surface area contributed by atoms with Gasteiger partial charge >= 0.3 is 0 Å². The molecule has 4 heteroatoms. The predicted molar refractivity (Wildman–Crippen MR) is 66.6 cm³/mol. The minimum atomic E-state index is -0.591. The lowest BCUT2D eigenvalue weighted by molar-refractivity contribution is -0.144. The van der Waals surface area contributed by atoms with E-state index in [0.717, 1.165) is 45.1 Å². The average molecular weight is 240 g/mol. The third-order valence-corrected chi connectivity index (χ3v) is 4.36. The molecule has 1 aliphatic carbocycles. The van der Waals surface area contributed by atoms with Gasteiger partial charge < -0.3 is 15.4 Å². The predicted octanol–water partition coefficient (Wildman–Crippen LogP) is 1.29. The molecule has 4 nitrogen and oxygen atoms in total. The zero-order valence-corrected chi connectivity index (χ0v) is 11.0. The highest BCUT2D eigenvalue weighted by Gasteiger charge is 2.43. The van der Waals surface area contributed by atoms with E-state index in [-0.39, 0.29) is 11.5 Å². The lowest BCUT2D eigenvalue weighted by Gasteiger charge is -2.42. The highest BCUT2D eigenvalue weighted by molar-refractivity contribution is 5.86. The third-order valence-electron chi connectivity index (χ3n) is 4.36. The van der Waals surface area contributed by atoms with E-state index in [0.29, 0.717) is 6.54 Å². The molecule has 2 rings (SSSR count). The monoisotopic (exact) mass is 240 g/mol. The number of ether oxygens (including phenoxy) is 1. The van der Waals surface area contributed by atoms with Gasteiger partial charge in [-0.05, 0) is 32.6 Å². The molecule has 1 unspecified atom stereocenters. The Hall–Kier alpha value is -0.610. The zero-order valence-electron chi connectivity index (χ0n) is 11.0. The smallest absolute Gasteiger partial charge is 0.242 e. The molecule has 2 fully saturated rings. The maximum atomic E-state index is 12.5. The molecule has 0 aromatic carbocycles. The second-order valence-corrected chi connectivity index (χ2v) is 5.85. The molecule has 1 saturated carbocycles. The Morgan fingerprint density at radius 2 is 1.88 bits per heavy atom. The van der Waals surface area contributed by atoms with Gasteiger partial charge in [-0.3, -0.25) is 4.79 Å². The van der Waals surface area contributed by atoms with Crippen molar-refractivity contribution in [3.63, 3.8) is 0 Å². The largest absolute Gasteiger partial charge is 0.377 e. The summed E-state index contributed by atoms with van der Waals surface area (Å²) in [6.07, 6.45) is 5.87. The van der Waals surface area contributed by atoms with Gasteiger partial charge in [0.1, 0.15) is 0 Å². The number of likely N-dealkylation sites (tertiary alicyclic amines) is 1. The maximum Gasteiger partial charge on any atom is 0.242 e. The summed E-state index contributed by atoms with van der Waals surface area (Å²) in [4.78, 5) is 14.4. The Morgan fingerprint density at radius 3 is 2.47 bits per heavy atom. The van der Waals surface area contributed by atoms with Gasteiger partial charge in [0, 0.05) is 20.2 Å². The van der Waals surface area contributed by atoms with Crippen molar-refractivity contribution in [1.82, 2.24) is 4.90 Å². The molecule has 0 spiro atoms. The number of methoxy groups -OCH3 is 1. The normalized spacial score (nSPS) is 32.8. The molecule has 1 heterocycles. The van der Waals surface area contributed by atoms with Gasteiger partial charge in [0.2, 0.25) is 5.91 Å². The number of carbonyl (C=O) groups is 1. The van der Waals surface area contributed by atoms with E-state index in [9.17, 15) is 4.79 Å². The molecule has 1 saturated heterocycles. The van der Waals surface area contributed by atoms with Crippen LogP contribution in [0.15, 0.2) is 0 Å². The number of rotatable bonds is 2. The number of piperidine rings is 1. The van der Waals surface area contributed by atoms with E-state index in [1.807, 2.05) is 4.90 Å². The Bertz CT molecular complexity index is 300. The number of amides is 1. The number of hydrogen-bond donors (Lipinski definition) is 1. The summed E-state index contributed by atoms with van der Waals surface area (Å²) in [5, 5.41) is 0. The van der Waals surface area contributed by atoms with E-state index in [1.54, 1.807) is 7.11 Å². The Kier molecular flexibility index (Phi) is 3.46. The van der Waals surface area contributed by atoms with Crippen LogP contribution in [-0.4, -0.2) is 42.1 Å².